The molecule has 0 bridgehead atoms. The Morgan fingerprint density at radius 2 is 1.92 bits per heavy atom. The van der Waals surface area contributed by atoms with Crippen LogP contribution in [0, 0.1) is 23.1 Å². The van der Waals surface area contributed by atoms with Crippen LogP contribution in [0.1, 0.15) is 52.9 Å². The fraction of sp³-hybridized carbons (Fsp3) is 0.607. The second-order valence-corrected chi connectivity index (χ2v) is 11.2. The number of benzene rings is 1. The van der Waals surface area contributed by atoms with Gasteiger partial charge in [-0.1, -0.05) is 33.1 Å². The zero-order valence-corrected chi connectivity index (χ0v) is 21.8. The molecular weight excluding hydrogens is 457 g/mol. The molecule has 3 fully saturated rings. The van der Waals surface area contributed by atoms with Gasteiger partial charge in [0.25, 0.3) is 0 Å². The lowest BCUT2D eigenvalue weighted by Crippen LogP contribution is -2.72. The van der Waals surface area contributed by atoms with Gasteiger partial charge >= 0.3 is 0 Å². The van der Waals surface area contributed by atoms with E-state index in [-0.39, 0.29) is 11.8 Å². The first-order valence-corrected chi connectivity index (χ1v) is 13.4. The molecule has 36 heavy (non-hydrogen) atoms. The number of rotatable bonds is 8. The van der Waals surface area contributed by atoms with Crippen molar-refractivity contribution in [2.24, 2.45) is 17.3 Å². The second kappa shape index (κ2) is 10.3. The third kappa shape index (κ3) is 5.05. The molecule has 0 N–H and O–H groups in total. The van der Waals surface area contributed by atoms with Gasteiger partial charge in [-0.25, -0.2) is 14.4 Å². The first-order valence-electron chi connectivity index (χ1n) is 13.4. The number of carbonyl (C=O) groups is 1. The quantitative estimate of drug-likeness (QED) is 0.507. The van der Waals surface area contributed by atoms with Crippen molar-refractivity contribution in [3.63, 3.8) is 0 Å². The first-order chi connectivity index (χ1) is 17.4. The molecule has 1 amide bonds. The Kier molecular flexibility index (Phi) is 7.15. The van der Waals surface area contributed by atoms with E-state index in [1.54, 1.807) is 17.2 Å². The van der Waals surface area contributed by atoms with E-state index in [9.17, 15) is 9.18 Å². The van der Waals surface area contributed by atoms with Crippen LogP contribution in [0.25, 0.3) is 0 Å². The summed E-state index contributed by atoms with van der Waals surface area (Å²) in [6.07, 6.45) is 10.2. The van der Waals surface area contributed by atoms with E-state index in [1.165, 1.54) is 57.1 Å². The Morgan fingerprint density at radius 3 is 2.61 bits per heavy atom. The minimum atomic E-state index is -0.413. The molecule has 7 nitrogen and oxygen atoms in total. The van der Waals surface area contributed by atoms with Gasteiger partial charge in [-0.15, -0.1) is 0 Å². The number of likely N-dealkylation sites (tertiary alicyclic amines) is 1. The van der Waals surface area contributed by atoms with Crippen LogP contribution >= 0.6 is 0 Å². The van der Waals surface area contributed by atoms with Crippen molar-refractivity contribution in [2.75, 3.05) is 49.1 Å². The molecule has 5 rings (SSSR count). The molecule has 1 aliphatic carbocycles. The van der Waals surface area contributed by atoms with Crippen molar-refractivity contribution < 1.29 is 13.9 Å². The standard InChI is InChI=1S/C28H38FN5O2/c1-4-34(27(35)20(2)3)23-12-22(29)10-11-24(23)36-25-13-30-19-31-26(25)33-17-28(18-33)15-32(16-28)14-21-8-6-5-7-9-21/h10-13,19-21H,4-9,14-18H2,1-3H3. The Hall–Kier alpha value is -2.74. The highest BCUT2D eigenvalue weighted by molar-refractivity contribution is 5.96. The Morgan fingerprint density at radius 1 is 1.17 bits per heavy atom. The van der Waals surface area contributed by atoms with Gasteiger partial charge in [-0.3, -0.25) is 4.79 Å². The van der Waals surface area contributed by atoms with Crippen molar-refractivity contribution in [3.05, 3.63) is 36.5 Å². The van der Waals surface area contributed by atoms with Crippen LogP contribution in [0.3, 0.4) is 0 Å². The summed E-state index contributed by atoms with van der Waals surface area (Å²) < 4.78 is 20.5. The number of aromatic nitrogens is 2. The van der Waals surface area contributed by atoms with Gasteiger partial charge in [0.1, 0.15) is 12.1 Å². The van der Waals surface area contributed by atoms with Crippen LogP contribution in [0.2, 0.25) is 0 Å². The van der Waals surface area contributed by atoms with Gasteiger partial charge in [-0.05, 0) is 37.8 Å². The van der Waals surface area contributed by atoms with Gasteiger partial charge in [0.05, 0.1) is 11.9 Å². The van der Waals surface area contributed by atoms with E-state index in [1.807, 2.05) is 20.8 Å². The minimum absolute atomic E-state index is 0.0788. The molecule has 1 spiro atoms. The van der Waals surface area contributed by atoms with Crippen LogP contribution < -0.4 is 14.5 Å². The van der Waals surface area contributed by atoms with E-state index < -0.39 is 5.82 Å². The Bertz CT molecular complexity index is 1070. The second-order valence-electron chi connectivity index (χ2n) is 11.2. The topological polar surface area (TPSA) is 61.8 Å². The van der Waals surface area contributed by atoms with E-state index in [0.717, 1.165) is 37.9 Å². The fourth-order valence-corrected chi connectivity index (χ4v) is 6.16. The molecule has 1 aromatic heterocycles. The number of ether oxygens (including phenoxy) is 1. The molecule has 3 aliphatic rings. The largest absolute Gasteiger partial charge is 0.450 e. The number of carbonyl (C=O) groups excluding carboxylic acids is 1. The summed E-state index contributed by atoms with van der Waals surface area (Å²) in [6.45, 7) is 11.4. The normalized spacial score (nSPS) is 19.8. The van der Waals surface area contributed by atoms with Crippen molar-refractivity contribution in [1.29, 1.82) is 0 Å². The summed E-state index contributed by atoms with van der Waals surface area (Å²) in [7, 11) is 0. The number of nitrogens with zero attached hydrogens (tertiary/aromatic N) is 5. The van der Waals surface area contributed by atoms with E-state index >= 15 is 0 Å². The molecule has 0 unspecified atom stereocenters. The lowest BCUT2D eigenvalue weighted by atomic mass is 9.72. The van der Waals surface area contributed by atoms with Crippen LogP contribution in [0.4, 0.5) is 15.9 Å². The average molecular weight is 496 g/mol. The number of hydrogen-bond acceptors (Lipinski definition) is 6. The van der Waals surface area contributed by atoms with E-state index in [2.05, 4.69) is 19.8 Å². The first kappa shape index (κ1) is 24.9. The highest BCUT2D eigenvalue weighted by Gasteiger charge is 2.52. The van der Waals surface area contributed by atoms with Gasteiger partial charge < -0.3 is 19.4 Å². The molecule has 2 aromatic rings. The van der Waals surface area contributed by atoms with Crippen molar-refractivity contribution in [3.8, 4) is 11.5 Å². The molecular formula is C28H38FN5O2. The number of hydrogen-bond donors (Lipinski definition) is 0. The Labute approximate surface area is 213 Å². The van der Waals surface area contributed by atoms with Crippen LogP contribution in [0.15, 0.2) is 30.7 Å². The van der Waals surface area contributed by atoms with Crippen LogP contribution in [-0.4, -0.2) is 60.0 Å². The number of halogens is 1. The highest BCUT2D eigenvalue weighted by Crippen LogP contribution is 2.45. The molecule has 0 atom stereocenters. The van der Waals surface area contributed by atoms with Gasteiger partial charge in [0.2, 0.25) is 5.91 Å². The predicted octanol–water partition coefficient (Wildman–Crippen LogP) is 5.12. The SMILES string of the molecule is CCN(C(=O)C(C)C)c1cc(F)ccc1Oc1cncnc1N1CC2(CN(CC3CCCCC3)C2)C1. The van der Waals surface area contributed by atoms with Crippen molar-refractivity contribution >= 4 is 17.4 Å². The highest BCUT2D eigenvalue weighted by atomic mass is 19.1. The molecule has 194 valence electrons. The molecule has 1 aromatic carbocycles. The lowest BCUT2D eigenvalue weighted by molar-refractivity contribution is -0.121. The monoisotopic (exact) mass is 495 g/mol. The summed E-state index contributed by atoms with van der Waals surface area (Å²) in [5.41, 5.74) is 0.768. The molecule has 0 radical (unpaired) electrons. The third-order valence-corrected chi connectivity index (χ3v) is 7.88. The smallest absolute Gasteiger partial charge is 0.229 e. The summed E-state index contributed by atoms with van der Waals surface area (Å²) in [5, 5.41) is 0. The zero-order valence-electron chi connectivity index (χ0n) is 21.8. The maximum Gasteiger partial charge on any atom is 0.229 e. The zero-order chi connectivity index (χ0) is 25.3. The van der Waals surface area contributed by atoms with Crippen LogP contribution in [-0.2, 0) is 4.79 Å². The van der Waals surface area contributed by atoms with E-state index in [4.69, 9.17) is 4.74 Å². The third-order valence-electron chi connectivity index (χ3n) is 7.88. The fourth-order valence-electron chi connectivity index (χ4n) is 6.16. The summed E-state index contributed by atoms with van der Waals surface area (Å²) in [6, 6.07) is 4.28. The summed E-state index contributed by atoms with van der Waals surface area (Å²) >= 11 is 0. The lowest BCUT2D eigenvalue weighted by Gasteiger charge is -2.61. The maximum absolute atomic E-state index is 14.2. The molecule has 8 heteroatoms. The summed E-state index contributed by atoms with van der Waals surface area (Å²) in [5.74, 6) is 1.86. The number of amides is 1. The van der Waals surface area contributed by atoms with Gasteiger partial charge in [0, 0.05) is 56.7 Å². The molecule has 2 saturated heterocycles. The van der Waals surface area contributed by atoms with Crippen molar-refractivity contribution in [2.45, 2.75) is 52.9 Å². The maximum atomic E-state index is 14.2. The van der Waals surface area contributed by atoms with Gasteiger partial charge in [-0.2, -0.15) is 0 Å². The van der Waals surface area contributed by atoms with E-state index in [0.29, 0.717) is 29.1 Å². The molecule has 2 aliphatic heterocycles. The summed E-state index contributed by atoms with van der Waals surface area (Å²) in [4.78, 5) is 27.9. The van der Waals surface area contributed by atoms with Crippen molar-refractivity contribution in [1.82, 2.24) is 14.9 Å². The average Bonchev–Trinajstić information content (AvgIpc) is 2.83. The number of anilines is 2. The molecule has 1 saturated carbocycles. The minimum Gasteiger partial charge on any atom is -0.450 e. The predicted molar refractivity (Wildman–Crippen MR) is 139 cm³/mol. The van der Waals surface area contributed by atoms with Gasteiger partial charge in [0.15, 0.2) is 17.3 Å². The Balaban J connectivity index is 1.27. The van der Waals surface area contributed by atoms with Crippen LogP contribution in [0.5, 0.6) is 11.5 Å². The molecule has 3 heterocycles.